The summed E-state index contributed by atoms with van der Waals surface area (Å²) in [5.74, 6) is 0.277. The molecule has 1 aliphatic rings. The molecule has 0 fully saturated rings. The number of hydrogen-bond acceptors (Lipinski definition) is 3. The number of rotatable bonds is 4. The fourth-order valence-corrected chi connectivity index (χ4v) is 3.60. The molecule has 1 aliphatic carbocycles. The number of ketones is 1. The zero-order chi connectivity index (χ0) is 18.8. The van der Waals surface area contributed by atoms with Gasteiger partial charge in [-0.1, -0.05) is 48.5 Å². The molecule has 0 aliphatic heterocycles. The second-order valence-electron chi connectivity index (χ2n) is 6.46. The van der Waals surface area contributed by atoms with Crippen molar-refractivity contribution in [3.63, 3.8) is 0 Å². The summed E-state index contributed by atoms with van der Waals surface area (Å²) in [6, 6.07) is 20.8. The maximum Gasteiger partial charge on any atom is 0.259 e. The smallest absolute Gasteiger partial charge is 0.259 e. The molecule has 0 bridgehead atoms. The summed E-state index contributed by atoms with van der Waals surface area (Å²) in [6.07, 6.45) is 1.16. The number of Topliss-reactive ketones (excluding diaryl/α,β-unsaturated/α-hetero) is 1. The van der Waals surface area contributed by atoms with Gasteiger partial charge in [0.15, 0.2) is 5.78 Å². The van der Waals surface area contributed by atoms with Crippen LogP contribution in [0.15, 0.2) is 66.7 Å². The molecule has 0 saturated carbocycles. The number of carbonyl (C=O) groups is 2. The molecule has 4 nitrogen and oxygen atoms in total. The number of amides is 1. The molecule has 3 aromatic carbocycles. The van der Waals surface area contributed by atoms with Crippen molar-refractivity contribution in [3.8, 4) is 16.9 Å². The molecule has 0 radical (unpaired) electrons. The highest BCUT2D eigenvalue weighted by Gasteiger charge is 2.27. The lowest BCUT2D eigenvalue weighted by Crippen LogP contribution is -2.15. The zero-order valence-electron chi connectivity index (χ0n) is 15.0. The van der Waals surface area contributed by atoms with Crippen molar-refractivity contribution in [1.29, 1.82) is 0 Å². The molecule has 134 valence electrons. The van der Waals surface area contributed by atoms with E-state index < -0.39 is 0 Å². The zero-order valence-corrected chi connectivity index (χ0v) is 15.0. The summed E-state index contributed by atoms with van der Waals surface area (Å²) in [5.41, 5.74) is 4.75. The van der Waals surface area contributed by atoms with E-state index >= 15 is 0 Å². The Balaban J connectivity index is 1.74. The van der Waals surface area contributed by atoms with E-state index in [0.29, 0.717) is 35.4 Å². The van der Waals surface area contributed by atoms with E-state index in [0.717, 1.165) is 16.7 Å². The molecule has 4 heteroatoms. The minimum absolute atomic E-state index is 0.0677. The van der Waals surface area contributed by atoms with E-state index in [1.54, 1.807) is 18.2 Å². The first kappa shape index (κ1) is 17.0. The van der Waals surface area contributed by atoms with Gasteiger partial charge in [0.2, 0.25) is 0 Å². The molecule has 1 amide bonds. The van der Waals surface area contributed by atoms with Crippen molar-refractivity contribution in [3.05, 3.63) is 83.4 Å². The number of hydrogen-bond donors (Lipinski definition) is 1. The highest BCUT2D eigenvalue weighted by atomic mass is 16.5. The van der Waals surface area contributed by atoms with Crippen LogP contribution >= 0.6 is 0 Å². The van der Waals surface area contributed by atoms with E-state index in [2.05, 4.69) is 5.32 Å². The van der Waals surface area contributed by atoms with E-state index in [1.165, 1.54) is 7.11 Å². The Labute approximate surface area is 157 Å². The van der Waals surface area contributed by atoms with Crippen LogP contribution in [-0.2, 0) is 6.42 Å². The monoisotopic (exact) mass is 357 g/mol. The summed E-state index contributed by atoms with van der Waals surface area (Å²) in [7, 11) is 1.53. The predicted octanol–water partition coefficient (Wildman–Crippen LogP) is 4.74. The maximum absolute atomic E-state index is 12.8. The number of methoxy groups -OCH3 is 1. The van der Waals surface area contributed by atoms with Crippen molar-refractivity contribution >= 4 is 17.4 Å². The van der Waals surface area contributed by atoms with Gasteiger partial charge in [0.25, 0.3) is 5.91 Å². The number of para-hydroxylation sites is 1. The first-order chi connectivity index (χ1) is 13.2. The predicted molar refractivity (Wildman–Crippen MR) is 105 cm³/mol. The van der Waals surface area contributed by atoms with Gasteiger partial charge in [-0.2, -0.15) is 0 Å². The Bertz CT molecular complexity index is 1030. The van der Waals surface area contributed by atoms with Crippen molar-refractivity contribution in [2.24, 2.45) is 0 Å². The first-order valence-corrected chi connectivity index (χ1v) is 8.88. The summed E-state index contributed by atoms with van der Waals surface area (Å²) in [6.45, 7) is 0. The molecule has 0 saturated heterocycles. The van der Waals surface area contributed by atoms with Crippen LogP contribution in [-0.4, -0.2) is 18.8 Å². The van der Waals surface area contributed by atoms with Gasteiger partial charge in [-0.15, -0.1) is 0 Å². The molecule has 0 unspecified atom stereocenters. The summed E-state index contributed by atoms with van der Waals surface area (Å²) >= 11 is 0. The van der Waals surface area contributed by atoms with Crippen molar-refractivity contribution in [2.45, 2.75) is 12.8 Å². The maximum atomic E-state index is 12.8. The number of nitrogens with one attached hydrogen (secondary N) is 1. The van der Waals surface area contributed by atoms with Crippen molar-refractivity contribution < 1.29 is 14.3 Å². The third-order valence-electron chi connectivity index (χ3n) is 4.88. The standard InChI is InChI=1S/C23H19NO3/c1-27-21-10-6-5-9-18(21)23(26)24-19-13-11-16(15-7-3-2-4-8-15)17-12-14-20(25)22(17)19/h2-11,13H,12,14H2,1H3,(H,24,26). The summed E-state index contributed by atoms with van der Waals surface area (Å²) < 4.78 is 5.27. The molecule has 0 heterocycles. The molecule has 0 spiro atoms. The van der Waals surface area contributed by atoms with Gasteiger partial charge in [0, 0.05) is 12.0 Å². The quantitative estimate of drug-likeness (QED) is 0.733. The number of ether oxygens (including phenoxy) is 1. The highest BCUT2D eigenvalue weighted by Crippen LogP contribution is 2.37. The van der Waals surface area contributed by atoms with Crippen LogP contribution in [0, 0.1) is 0 Å². The van der Waals surface area contributed by atoms with Gasteiger partial charge >= 0.3 is 0 Å². The van der Waals surface area contributed by atoms with E-state index in [9.17, 15) is 9.59 Å². The largest absolute Gasteiger partial charge is 0.496 e. The molecule has 27 heavy (non-hydrogen) atoms. The minimum Gasteiger partial charge on any atom is -0.496 e. The Morgan fingerprint density at radius 3 is 2.44 bits per heavy atom. The molecule has 0 atom stereocenters. The molecular formula is C23H19NO3. The third-order valence-corrected chi connectivity index (χ3v) is 4.88. The van der Waals surface area contributed by atoms with Crippen LogP contribution in [0.3, 0.4) is 0 Å². The van der Waals surface area contributed by atoms with E-state index in [4.69, 9.17) is 4.74 Å². The molecule has 0 aromatic heterocycles. The number of anilines is 1. The Morgan fingerprint density at radius 1 is 0.926 bits per heavy atom. The molecule has 3 aromatic rings. The Kier molecular flexibility index (Phi) is 4.47. The van der Waals surface area contributed by atoms with Gasteiger partial charge < -0.3 is 10.1 Å². The number of benzene rings is 3. The minimum atomic E-state index is -0.290. The van der Waals surface area contributed by atoms with Crippen LogP contribution < -0.4 is 10.1 Å². The fraction of sp³-hybridized carbons (Fsp3) is 0.130. The normalized spacial score (nSPS) is 12.6. The number of fused-ring (bicyclic) bond motifs is 1. The summed E-state index contributed by atoms with van der Waals surface area (Å²) in [5, 5.41) is 2.90. The van der Waals surface area contributed by atoms with Crippen LogP contribution in [0.1, 0.15) is 32.7 Å². The first-order valence-electron chi connectivity index (χ1n) is 8.88. The average molecular weight is 357 g/mol. The fourth-order valence-electron chi connectivity index (χ4n) is 3.60. The lowest BCUT2D eigenvalue weighted by atomic mass is 9.95. The van der Waals surface area contributed by atoms with E-state index in [-0.39, 0.29) is 11.7 Å². The highest BCUT2D eigenvalue weighted by molar-refractivity contribution is 6.13. The van der Waals surface area contributed by atoms with Crippen LogP contribution in [0.5, 0.6) is 5.75 Å². The third kappa shape index (κ3) is 3.10. The van der Waals surface area contributed by atoms with Gasteiger partial charge in [-0.3, -0.25) is 9.59 Å². The molecular weight excluding hydrogens is 338 g/mol. The molecule has 4 rings (SSSR count). The average Bonchev–Trinajstić information content (AvgIpc) is 3.11. The Morgan fingerprint density at radius 2 is 1.67 bits per heavy atom. The Hall–Kier alpha value is -3.40. The van der Waals surface area contributed by atoms with Gasteiger partial charge in [0.05, 0.1) is 18.4 Å². The van der Waals surface area contributed by atoms with Gasteiger partial charge in [-0.05, 0) is 41.3 Å². The van der Waals surface area contributed by atoms with Crippen LogP contribution in [0.2, 0.25) is 0 Å². The topological polar surface area (TPSA) is 55.4 Å². The van der Waals surface area contributed by atoms with Gasteiger partial charge in [0.1, 0.15) is 5.75 Å². The molecule has 1 N–H and O–H groups in total. The lowest BCUT2D eigenvalue weighted by molar-refractivity contribution is 0.0995. The van der Waals surface area contributed by atoms with E-state index in [1.807, 2.05) is 48.5 Å². The van der Waals surface area contributed by atoms with Gasteiger partial charge in [-0.25, -0.2) is 0 Å². The summed E-state index contributed by atoms with van der Waals surface area (Å²) in [4.78, 5) is 25.3. The lowest BCUT2D eigenvalue weighted by Gasteiger charge is -2.14. The van der Waals surface area contributed by atoms with Crippen LogP contribution in [0.25, 0.3) is 11.1 Å². The van der Waals surface area contributed by atoms with Crippen molar-refractivity contribution in [1.82, 2.24) is 0 Å². The second-order valence-corrected chi connectivity index (χ2v) is 6.46. The number of carbonyl (C=O) groups excluding carboxylic acids is 2. The van der Waals surface area contributed by atoms with Crippen LogP contribution in [0.4, 0.5) is 5.69 Å². The SMILES string of the molecule is COc1ccccc1C(=O)Nc1ccc(-c2ccccc2)c2c1C(=O)CC2. The second kappa shape index (κ2) is 7.08. The van der Waals surface area contributed by atoms with Crippen molar-refractivity contribution in [2.75, 3.05) is 12.4 Å².